The Bertz CT molecular complexity index is 266. The Balaban J connectivity index is 2.26. The molecule has 12 heavy (non-hydrogen) atoms. The summed E-state index contributed by atoms with van der Waals surface area (Å²) in [7, 11) is 0. The summed E-state index contributed by atoms with van der Waals surface area (Å²) in [6.45, 7) is 2.07. The van der Waals surface area contributed by atoms with Crippen molar-refractivity contribution in [3.8, 4) is 5.75 Å². The summed E-state index contributed by atoms with van der Waals surface area (Å²) in [6, 6.07) is 7.61. The van der Waals surface area contributed by atoms with Gasteiger partial charge in [-0.2, -0.15) is 0 Å². The molecule has 0 spiro atoms. The Labute approximate surface area is 72.2 Å². The lowest BCUT2D eigenvalue weighted by Gasteiger charge is -2.09. The van der Waals surface area contributed by atoms with Crippen LogP contribution in [0.2, 0.25) is 0 Å². The van der Waals surface area contributed by atoms with Gasteiger partial charge in [0.25, 0.3) is 0 Å². The van der Waals surface area contributed by atoms with Crippen molar-refractivity contribution in [2.75, 3.05) is 13.1 Å². The quantitative estimate of drug-likeness (QED) is 0.657. The van der Waals surface area contributed by atoms with Crippen LogP contribution in [0.5, 0.6) is 5.75 Å². The van der Waals surface area contributed by atoms with Gasteiger partial charge in [-0.05, 0) is 24.6 Å². The highest BCUT2D eigenvalue weighted by Gasteiger charge is 2.18. The van der Waals surface area contributed by atoms with Crippen LogP contribution in [0.3, 0.4) is 0 Å². The molecule has 0 aromatic heterocycles. The predicted molar refractivity (Wildman–Crippen MR) is 48.3 cm³/mol. The summed E-state index contributed by atoms with van der Waals surface area (Å²) < 4.78 is 0. The average molecular weight is 163 g/mol. The third-order valence-electron chi connectivity index (χ3n) is 2.44. The van der Waals surface area contributed by atoms with Gasteiger partial charge in [0.2, 0.25) is 0 Å². The third-order valence-corrected chi connectivity index (χ3v) is 2.44. The molecule has 1 atom stereocenters. The van der Waals surface area contributed by atoms with Crippen LogP contribution in [0, 0.1) is 0 Å². The van der Waals surface area contributed by atoms with Gasteiger partial charge in [-0.1, -0.05) is 18.2 Å². The van der Waals surface area contributed by atoms with E-state index in [9.17, 15) is 5.11 Å². The van der Waals surface area contributed by atoms with E-state index in [0.717, 1.165) is 25.1 Å². The molecule has 2 N–H and O–H groups in total. The van der Waals surface area contributed by atoms with Crippen molar-refractivity contribution in [2.24, 2.45) is 0 Å². The highest BCUT2D eigenvalue weighted by atomic mass is 16.3. The van der Waals surface area contributed by atoms with Crippen LogP contribution >= 0.6 is 0 Å². The SMILES string of the molecule is Oc1ccccc1[C@H]1CCNC1. The smallest absolute Gasteiger partial charge is 0.119 e. The minimum Gasteiger partial charge on any atom is -0.508 e. The van der Waals surface area contributed by atoms with Crippen LogP contribution in [0.1, 0.15) is 17.9 Å². The van der Waals surface area contributed by atoms with Crippen LogP contribution in [0.4, 0.5) is 0 Å². The zero-order chi connectivity index (χ0) is 8.39. The number of phenolic OH excluding ortho intramolecular Hbond substituents is 1. The number of rotatable bonds is 1. The molecule has 0 radical (unpaired) electrons. The average Bonchev–Trinajstić information content (AvgIpc) is 2.57. The van der Waals surface area contributed by atoms with E-state index >= 15 is 0 Å². The van der Waals surface area contributed by atoms with Gasteiger partial charge in [-0.3, -0.25) is 0 Å². The fraction of sp³-hybridized carbons (Fsp3) is 0.400. The van der Waals surface area contributed by atoms with Crippen molar-refractivity contribution < 1.29 is 5.11 Å². The lowest BCUT2D eigenvalue weighted by molar-refractivity contribution is 0.463. The standard InChI is InChI=1S/C10H13NO/c12-10-4-2-1-3-9(10)8-5-6-11-7-8/h1-4,8,11-12H,5-7H2/t8-/m0/s1. The van der Waals surface area contributed by atoms with Gasteiger partial charge in [0.1, 0.15) is 5.75 Å². The Morgan fingerprint density at radius 3 is 2.83 bits per heavy atom. The van der Waals surface area contributed by atoms with E-state index < -0.39 is 0 Å². The number of phenols is 1. The molecule has 64 valence electrons. The molecule has 1 saturated heterocycles. The zero-order valence-corrected chi connectivity index (χ0v) is 6.96. The van der Waals surface area contributed by atoms with E-state index in [1.54, 1.807) is 6.07 Å². The monoisotopic (exact) mass is 163 g/mol. The highest BCUT2D eigenvalue weighted by Crippen LogP contribution is 2.29. The summed E-state index contributed by atoms with van der Waals surface area (Å²) in [5.74, 6) is 0.942. The minimum atomic E-state index is 0.436. The maximum absolute atomic E-state index is 9.54. The first-order valence-corrected chi connectivity index (χ1v) is 4.36. The Hall–Kier alpha value is -1.02. The fourth-order valence-electron chi connectivity index (χ4n) is 1.75. The number of nitrogens with one attached hydrogen (secondary N) is 1. The van der Waals surface area contributed by atoms with Crippen LogP contribution in [-0.4, -0.2) is 18.2 Å². The molecule has 0 aliphatic carbocycles. The lowest BCUT2D eigenvalue weighted by atomic mass is 9.98. The van der Waals surface area contributed by atoms with Gasteiger partial charge in [0, 0.05) is 12.5 Å². The Morgan fingerprint density at radius 1 is 1.33 bits per heavy atom. The molecule has 2 nitrogen and oxygen atoms in total. The molecular weight excluding hydrogens is 150 g/mol. The van der Waals surface area contributed by atoms with Gasteiger partial charge in [-0.25, -0.2) is 0 Å². The van der Waals surface area contributed by atoms with Crippen molar-refractivity contribution in [2.45, 2.75) is 12.3 Å². The molecule has 2 rings (SSSR count). The predicted octanol–water partition coefficient (Wildman–Crippen LogP) is 1.47. The van der Waals surface area contributed by atoms with Crippen LogP contribution < -0.4 is 5.32 Å². The number of benzene rings is 1. The van der Waals surface area contributed by atoms with E-state index in [-0.39, 0.29) is 0 Å². The second-order valence-electron chi connectivity index (χ2n) is 3.25. The van der Waals surface area contributed by atoms with Crippen molar-refractivity contribution in [3.63, 3.8) is 0 Å². The van der Waals surface area contributed by atoms with Gasteiger partial charge in [0.15, 0.2) is 0 Å². The molecule has 1 fully saturated rings. The molecule has 0 unspecified atom stereocenters. The molecule has 1 aromatic carbocycles. The molecule has 0 bridgehead atoms. The second kappa shape index (κ2) is 3.15. The Morgan fingerprint density at radius 2 is 2.17 bits per heavy atom. The molecular formula is C10H13NO. The number of hydrogen-bond acceptors (Lipinski definition) is 2. The molecule has 0 saturated carbocycles. The first kappa shape index (κ1) is 7.62. The summed E-state index contributed by atoms with van der Waals surface area (Å²) in [5.41, 5.74) is 1.09. The topological polar surface area (TPSA) is 32.3 Å². The normalized spacial score (nSPS) is 22.8. The summed E-state index contributed by atoms with van der Waals surface area (Å²) in [6.07, 6.45) is 1.14. The zero-order valence-electron chi connectivity index (χ0n) is 6.96. The second-order valence-corrected chi connectivity index (χ2v) is 3.25. The molecule has 1 heterocycles. The number of para-hydroxylation sites is 1. The maximum atomic E-state index is 9.54. The van der Waals surface area contributed by atoms with Gasteiger partial charge in [-0.15, -0.1) is 0 Å². The number of hydrogen-bond donors (Lipinski definition) is 2. The summed E-state index contributed by atoms with van der Waals surface area (Å²) in [5, 5.41) is 12.8. The first-order valence-electron chi connectivity index (χ1n) is 4.36. The molecule has 2 heteroatoms. The van der Waals surface area contributed by atoms with E-state index in [1.807, 2.05) is 18.2 Å². The highest BCUT2D eigenvalue weighted by molar-refractivity contribution is 5.35. The van der Waals surface area contributed by atoms with Gasteiger partial charge >= 0.3 is 0 Å². The van der Waals surface area contributed by atoms with E-state index in [4.69, 9.17) is 0 Å². The lowest BCUT2D eigenvalue weighted by Crippen LogP contribution is -2.07. The van der Waals surface area contributed by atoms with Crippen molar-refractivity contribution in [1.82, 2.24) is 5.32 Å². The largest absolute Gasteiger partial charge is 0.508 e. The third kappa shape index (κ3) is 1.30. The fourth-order valence-corrected chi connectivity index (χ4v) is 1.75. The maximum Gasteiger partial charge on any atom is 0.119 e. The van der Waals surface area contributed by atoms with Crippen molar-refractivity contribution in [3.05, 3.63) is 29.8 Å². The number of aromatic hydroxyl groups is 1. The molecule has 1 aliphatic heterocycles. The van der Waals surface area contributed by atoms with Crippen LogP contribution in [0.25, 0.3) is 0 Å². The van der Waals surface area contributed by atoms with E-state index in [1.165, 1.54) is 0 Å². The van der Waals surface area contributed by atoms with Crippen molar-refractivity contribution >= 4 is 0 Å². The van der Waals surface area contributed by atoms with E-state index in [0.29, 0.717) is 11.7 Å². The van der Waals surface area contributed by atoms with Gasteiger partial charge < -0.3 is 10.4 Å². The van der Waals surface area contributed by atoms with Gasteiger partial charge in [0.05, 0.1) is 0 Å². The molecule has 0 amide bonds. The first-order chi connectivity index (χ1) is 5.88. The van der Waals surface area contributed by atoms with Crippen molar-refractivity contribution in [1.29, 1.82) is 0 Å². The molecule has 1 aromatic rings. The van der Waals surface area contributed by atoms with Crippen LogP contribution in [-0.2, 0) is 0 Å². The minimum absolute atomic E-state index is 0.436. The van der Waals surface area contributed by atoms with Crippen LogP contribution in [0.15, 0.2) is 24.3 Å². The summed E-state index contributed by atoms with van der Waals surface area (Å²) in [4.78, 5) is 0. The Kier molecular flexibility index (Phi) is 2.00. The van der Waals surface area contributed by atoms with E-state index in [2.05, 4.69) is 5.32 Å². The molecule has 1 aliphatic rings. The summed E-state index contributed by atoms with van der Waals surface area (Å²) >= 11 is 0.